The number of nitrogens with zero attached hydrogens (tertiary/aromatic N) is 4. The van der Waals surface area contributed by atoms with Crippen LogP contribution in [-0.2, 0) is 0 Å². The molecule has 0 fully saturated rings. The van der Waals surface area contributed by atoms with Crippen molar-refractivity contribution >= 4 is 34.5 Å². The van der Waals surface area contributed by atoms with Gasteiger partial charge in [-0.3, -0.25) is 4.79 Å². The van der Waals surface area contributed by atoms with Crippen LogP contribution in [0.4, 0.5) is 11.4 Å². The fourth-order valence-corrected chi connectivity index (χ4v) is 2.26. The van der Waals surface area contributed by atoms with Crippen LogP contribution in [0.5, 0.6) is 0 Å². The molecule has 2 aromatic carbocycles. The Hall–Kier alpha value is -3.70. The van der Waals surface area contributed by atoms with Crippen molar-refractivity contribution in [3.63, 3.8) is 0 Å². The number of H-pyrrole nitrogens is 1. The number of carbonyl (C=O) groups is 1. The summed E-state index contributed by atoms with van der Waals surface area (Å²) in [6, 6.07) is 15.6. The minimum absolute atomic E-state index is 0.192. The van der Waals surface area contributed by atoms with Gasteiger partial charge in [0.1, 0.15) is 11.6 Å². The van der Waals surface area contributed by atoms with Gasteiger partial charge in [-0.15, -0.1) is 10.2 Å². The first kappa shape index (κ1) is 17.1. The summed E-state index contributed by atoms with van der Waals surface area (Å²) >= 11 is 5.90. The van der Waals surface area contributed by atoms with Crippen molar-refractivity contribution < 1.29 is 4.79 Å². The zero-order valence-corrected chi connectivity index (χ0v) is 14.0. The van der Waals surface area contributed by atoms with Crippen molar-refractivity contribution in [2.45, 2.75) is 0 Å². The monoisotopic (exact) mass is 365 g/mol. The molecule has 1 amide bonds. The Bertz CT molecular complexity index is 975. The number of hydrogen-bond donors (Lipinski definition) is 3. The highest BCUT2D eigenvalue weighted by Gasteiger charge is 2.07. The van der Waals surface area contributed by atoms with E-state index < -0.39 is 0 Å². The Labute approximate surface area is 153 Å². The third-order valence-corrected chi connectivity index (χ3v) is 3.55. The van der Waals surface area contributed by atoms with Gasteiger partial charge < -0.3 is 10.6 Å². The van der Waals surface area contributed by atoms with E-state index in [1.54, 1.807) is 48.5 Å². The Morgan fingerprint density at radius 3 is 2.65 bits per heavy atom. The average molecular weight is 366 g/mol. The summed E-state index contributed by atoms with van der Waals surface area (Å²) in [6.07, 6.45) is 1.46. The first-order chi connectivity index (χ1) is 12.7. The highest BCUT2D eigenvalue weighted by atomic mass is 35.5. The van der Waals surface area contributed by atoms with Gasteiger partial charge in [0.15, 0.2) is 0 Å². The van der Waals surface area contributed by atoms with E-state index in [0.717, 1.165) is 0 Å². The Balaban J connectivity index is 1.66. The van der Waals surface area contributed by atoms with Crippen LogP contribution in [-0.4, -0.2) is 26.5 Å². The summed E-state index contributed by atoms with van der Waals surface area (Å²) in [5, 5.41) is 28.6. The SMILES string of the molecule is N#CC(=CNc1ccc(C(=O)Nc2cccc(Cl)c2)cc1)c1nn[nH]n1. The molecule has 3 aromatic rings. The standard InChI is InChI=1S/C17H12ClN7O/c18-13-2-1-3-15(8-13)21-17(26)11-4-6-14(7-5-11)20-10-12(9-19)16-22-24-25-23-16/h1-8,10,20H,(H,21,26)(H,22,23,24,25). The molecule has 1 aromatic heterocycles. The summed E-state index contributed by atoms with van der Waals surface area (Å²) in [4.78, 5) is 12.2. The third kappa shape index (κ3) is 4.23. The molecular weight excluding hydrogens is 354 g/mol. The molecule has 3 N–H and O–H groups in total. The first-order valence-corrected chi connectivity index (χ1v) is 7.81. The van der Waals surface area contributed by atoms with E-state index in [1.165, 1.54) is 6.20 Å². The number of benzene rings is 2. The second kappa shape index (κ2) is 7.92. The molecule has 0 aliphatic carbocycles. The van der Waals surface area contributed by atoms with Crippen LogP contribution in [0.1, 0.15) is 16.2 Å². The largest absolute Gasteiger partial charge is 0.360 e. The van der Waals surface area contributed by atoms with Crippen molar-refractivity contribution in [3.8, 4) is 6.07 Å². The van der Waals surface area contributed by atoms with Gasteiger partial charge in [0.05, 0.1) is 0 Å². The molecule has 0 unspecified atom stereocenters. The molecule has 1 heterocycles. The molecule has 128 valence electrons. The van der Waals surface area contributed by atoms with Crippen molar-refractivity contribution in [1.82, 2.24) is 20.6 Å². The molecule has 8 nitrogen and oxygen atoms in total. The number of nitriles is 1. The molecule has 0 saturated heterocycles. The molecule has 0 bridgehead atoms. The van der Waals surface area contributed by atoms with Crippen LogP contribution in [0.25, 0.3) is 5.57 Å². The second-order valence-corrected chi connectivity index (χ2v) is 5.53. The van der Waals surface area contributed by atoms with E-state index in [9.17, 15) is 4.79 Å². The van der Waals surface area contributed by atoms with Gasteiger partial charge in [0.2, 0.25) is 5.82 Å². The van der Waals surface area contributed by atoms with Crippen LogP contribution < -0.4 is 10.6 Å². The third-order valence-electron chi connectivity index (χ3n) is 3.32. The average Bonchev–Trinajstić information content (AvgIpc) is 3.17. The van der Waals surface area contributed by atoms with Crippen molar-refractivity contribution in [3.05, 3.63) is 71.1 Å². The van der Waals surface area contributed by atoms with E-state index in [0.29, 0.717) is 22.0 Å². The quantitative estimate of drug-likeness (QED) is 0.598. The van der Waals surface area contributed by atoms with Crippen molar-refractivity contribution in [2.75, 3.05) is 10.6 Å². The van der Waals surface area contributed by atoms with E-state index in [4.69, 9.17) is 16.9 Å². The van der Waals surface area contributed by atoms with E-state index in [1.807, 2.05) is 6.07 Å². The molecule has 0 radical (unpaired) electrons. The molecular formula is C17H12ClN7O. The number of anilines is 2. The molecule has 26 heavy (non-hydrogen) atoms. The predicted molar refractivity (Wildman–Crippen MR) is 97.2 cm³/mol. The van der Waals surface area contributed by atoms with Gasteiger partial charge in [-0.1, -0.05) is 17.7 Å². The lowest BCUT2D eigenvalue weighted by Gasteiger charge is -2.07. The summed E-state index contributed by atoms with van der Waals surface area (Å²) in [5.41, 5.74) is 2.02. The molecule has 0 aliphatic heterocycles. The van der Waals surface area contributed by atoms with E-state index in [2.05, 4.69) is 31.3 Å². The number of hydrogen-bond acceptors (Lipinski definition) is 6. The summed E-state index contributed by atoms with van der Waals surface area (Å²) in [5.74, 6) is -0.0589. The maximum atomic E-state index is 12.2. The van der Waals surface area contributed by atoms with Gasteiger partial charge in [-0.2, -0.15) is 10.5 Å². The van der Waals surface area contributed by atoms with Crippen LogP contribution in [0, 0.1) is 11.3 Å². The zero-order valence-electron chi connectivity index (χ0n) is 13.3. The number of halogens is 1. The zero-order chi connectivity index (χ0) is 18.4. The molecule has 0 aliphatic rings. The molecule has 0 atom stereocenters. The van der Waals surface area contributed by atoms with Gasteiger partial charge in [-0.25, -0.2) is 0 Å². The van der Waals surface area contributed by atoms with Crippen molar-refractivity contribution in [1.29, 1.82) is 5.26 Å². The minimum atomic E-state index is -0.251. The smallest absolute Gasteiger partial charge is 0.255 e. The maximum absolute atomic E-state index is 12.2. The lowest BCUT2D eigenvalue weighted by Crippen LogP contribution is -2.11. The summed E-state index contributed by atoms with van der Waals surface area (Å²) in [7, 11) is 0. The van der Waals surface area contributed by atoms with Gasteiger partial charge in [0.25, 0.3) is 5.91 Å². The predicted octanol–water partition coefficient (Wildman–Crippen LogP) is 3.08. The Kier molecular flexibility index (Phi) is 5.22. The summed E-state index contributed by atoms with van der Waals surface area (Å²) < 4.78 is 0. The van der Waals surface area contributed by atoms with Crippen LogP contribution >= 0.6 is 11.6 Å². The molecule has 3 rings (SSSR count). The number of carbonyl (C=O) groups excluding carboxylic acids is 1. The number of rotatable bonds is 5. The number of nitrogens with one attached hydrogen (secondary N) is 3. The highest BCUT2D eigenvalue weighted by Crippen LogP contribution is 2.17. The number of aromatic amines is 1. The van der Waals surface area contributed by atoms with Crippen LogP contribution in [0.15, 0.2) is 54.7 Å². The minimum Gasteiger partial charge on any atom is -0.360 e. The highest BCUT2D eigenvalue weighted by molar-refractivity contribution is 6.30. The normalized spacial score (nSPS) is 10.8. The lowest BCUT2D eigenvalue weighted by atomic mass is 10.2. The van der Waals surface area contributed by atoms with Gasteiger partial charge in [0, 0.05) is 28.2 Å². The molecule has 9 heteroatoms. The van der Waals surface area contributed by atoms with E-state index in [-0.39, 0.29) is 17.3 Å². The number of amides is 1. The number of aromatic nitrogens is 4. The number of allylic oxidation sites excluding steroid dienone is 1. The van der Waals surface area contributed by atoms with Crippen LogP contribution in [0.2, 0.25) is 5.02 Å². The number of tetrazole rings is 1. The Morgan fingerprint density at radius 2 is 2.00 bits per heavy atom. The molecule has 0 spiro atoms. The fraction of sp³-hybridized carbons (Fsp3) is 0. The lowest BCUT2D eigenvalue weighted by molar-refractivity contribution is 0.102. The van der Waals surface area contributed by atoms with E-state index >= 15 is 0 Å². The Morgan fingerprint density at radius 1 is 1.19 bits per heavy atom. The van der Waals surface area contributed by atoms with Crippen molar-refractivity contribution in [2.24, 2.45) is 0 Å². The first-order valence-electron chi connectivity index (χ1n) is 7.43. The topological polar surface area (TPSA) is 119 Å². The molecule has 0 saturated carbocycles. The maximum Gasteiger partial charge on any atom is 0.255 e. The second-order valence-electron chi connectivity index (χ2n) is 5.09. The summed E-state index contributed by atoms with van der Waals surface area (Å²) in [6.45, 7) is 0. The van der Waals surface area contributed by atoms with Gasteiger partial charge >= 0.3 is 0 Å². The van der Waals surface area contributed by atoms with Crippen LogP contribution in [0.3, 0.4) is 0 Å². The van der Waals surface area contributed by atoms with Gasteiger partial charge in [-0.05, 0) is 47.7 Å². The fourth-order valence-electron chi connectivity index (χ4n) is 2.07.